The molecule has 0 saturated heterocycles. The number of benzene rings is 1. The third kappa shape index (κ3) is 5.14. The van der Waals surface area contributed by atoms with Crippen LogP contribution in [-0.2, 0) is 16.0 Å². The van der Waals surface area contributed by atoms with Crippen molar-refractivity contribution >= 4 is 17.5 Å². The average molecular weight is 242 g/mol. The van der Waals surface area contributed by atoms with Crippen LogP contribution in [0.3, 0.4) is 0 Å². The molecule has 1 N–H and O–H groups in total. The van der Waals surface area contributed by atoms with Crippen LogP contribution < -0.4 is 5.32 Å². The molecule has 0 saturated carbocycles. The molecule has 0 aromatic heterocycles. The number of amides is 1. The van der Waals surface area contributed by atoms with E-state index in [0.29, 0.717) is 13.2 Å². The fourth-order valence-electron chi connectivity index (χ4n) is 1.28. The van der Waals surface area contributed by atoms with Crippen molar-refractivity contribution in [3.05, 3.63) is 34.9 Å². The minimum Gasteiger partial charge on any atom is -0.372 e. The summed E-state index contributed by atoms with van der Waals surface area (Å²) in [6, 6.07) is 7.62. The highest BCUT2D eigenvalue weighted by molar-refractivity contribution is 6.30. The summed E-state index contributed by atoms with van der Waals surface area (Å²) < 4.78 is 4.98. The second-order valence-corrected chi connectivity index (χ2v) is 3.80. The number of rotatable bonds is 6. The van der Waals surface area contributed by atoms with Crippen LogP contribution in [0.4, 0.5) is 0 Å². The van der Waals surface area contributed by atoms with Gasteiger partial charge >= 0.3 is 0 Å². The van der Waals surface area contributed by atoms with Crippen LogP contribution in [-0.4, -0.2) is 25.7 Å². The quantitative estimate of drug-likeness (QED) is 0.828. The molecule has 0 spiro atoms. The zero-order valence-corrected chi connectivity index (χ0v) is 10.1. The van der Waals surface area contributed by atoms with Crippen LogP contribution in [0.1, 0.15) is 12.5 Å². The average Bonchev–Trinajstić information content (AvgIpc) is 2.26. The van der Waals surface area contributed by atoms with E-state index in [0.717, 1.165) is 17.0 Å². The number of carbonyl (C=O) groups excluding carboxylic acids is 1. The number of hydrogen-bond donors (Lipinski definition) is 1. The van der Waals surface area contributed by atoms with Crippen molar-refractivity contribution in [3.63, 3.8) is 0 Å². The highest BCUT2D eigenvalue weighted by Gasteiger charge is 2.00. The van der Waals surface area contributed by atoms with Gasteiger partial charge in [0.25, 0.3) is 0 Å². The van der Waals surface area contributed by atoms with Gasteiger partial charge in [-0.1, -0.05) is 23.7 Å². The Labute approximate surface area is 101 Å². The molecule has 0 aliphatic carbocycles. The van der Waals surface area contributed by atoms with Crippen LogP contribution in [0.25, 0.3) is 0 Å². The van der Waals surface area contributed by atoms with E-state index in [1.807, 2.05) is 31.2 Å². The third-order valence-electron chi connectivity index (χ3n) is 2.06. The Morgan fingerprint density at radius 3 is 3.00 bits per heavy atom. The van der Waals surface area contributed by atoms with E-state index in [9.17, 15) is 4.79 Å². The molecule has 1 rings (SSSR count). The summed E-state index contributed by atoms with van der Waals surface area (Å²) in [5.74, 6) is -0.0797. The molecule has 0 bridgehead atoms. The minimum atomic E-state index is -0.0797. The smallest absolute Gasteiger partial charge is 0.246 e. The molecule has 3 nitrogen and oxygen atoms in total. The Bertz CT molecular complexity index is 342. The number of hydrogen-bond acceptors (Lipinski definition) is 2. The Hall–Kier alpha value is -1.06. The molecule has 4 heteroatoms. The standard InChI is InChI=1S/C12H16ClNO2/c1-2-16-9-12(15)14-7-6-10-4-3-5-11(13)8-10/h3-5,8H,2,6-7,9H2,1H3,(H,14,15). The third-order valence-corrected chi connectivity index (χ3v) is 2.30. The van der Waals surface area contributed by atoms with Gasteiger partial charge in [0.2, 0.25) is 5.91 Å². The van der Waals surface area contributed by atoms with Crippen molar-refractivity contribution in [1.29, 1.82) is 0 Å². The molecule has 0 unspecified atom stereocenters. The molecule has 88 valence electrons. The van der Waals surface area contributed by atoms with Crippen LogP contribution in [0.5, 0.6) is 0 Å². The topological polar surface area (TPSA) is 38.3 Å². The van der Waals surface area contributed by atoms with Crippen LogP contribution in [0.15, 0.2) is 24.3 Å². The SMILES string of the molecule is CCOCC(=O)NCCc1cccc(Cl)c1. The van der Waals surface area contributed by atoms with Crippen molar-refractivity contribution in [1.82, 2.24) is 5.32 Å². The molecule has 0 fully saturated rings. The number of carbonyl (C=O) groups is 1. The van der Waals surface area contributed by atoms with E-state index < -0.39 is 0 Å². The molecule has 0 radical (unpaired) electrons. The summed E-state index contributed by atoms with van der Waals surface area (Å²) in [7, 11) is 0. The van der Waals surface area contributed by atoms with Crippen molar-refractivity contribution in [2.24, 2.45) is 0 Å². The first-order valence-electron chi connectivity index (χ1n) is 5.31. The second kappa shape index (κ2) is 7.25. The van der Waals surface area contributed by atoms with E-state index in [4.69, 9.17) is 16.3 Å². The van der Waals surface area contributed by atoms with E-state index in [1.165, 1.54) is 0 Å². The van der Waals surface area contributed by atoms with Gasteiger partial charge in [0.05, 0.1) is 0 Å². The predicted octanol–water partition coefficient (Wildman–Crippen LogP) is 2.04. The summed E-state index contributed by atoms with van der Waals surface area (Å²) in [5, 5.41) is 3.50. The second-order valence-electron chi connectivity index (χ2n) is 3.37. The van der Waals surface area contributed by atoms with Gasteiger partial charge < -0.3 is 10.1 Å². The highest BCUT2D eigenvalue weighted by Crippen LogP contribution is 2.10. The van der Waals surface area contributed by atoms with Gasteiger partial charge in [0.1, 0.15) is 6.61 Å². The number of halogens is 1. The van der Waals surface area contributed by atoms with Gasteiger partial charge in [-0.3, -0.25) is 4.79 Å². The lowest BCUT2D eigenvalue weighted by molar-refractivity contribution is -0.125. The first kappa shape index (κ1) is 13.0. The lowest BCUT2D eigenvalue weighted by Crippen LogP contribution is -2.29. The predicted molar refractivity (Wildman–Crippen MR) is 64.7 cm³/mol. The van der Waals surface area contributed by atoms with Gasteiger partial charge in [0, 0.05) is 18.2 Å². The van der Waals surface area contributed by atoms with Crippen LogP contribution in [0.2, 0.25) is 5.02 Å². The minimum absolute atomic E-state index is 0.0797. The van der Waals surface area contributed by atoms with Gasteiger partial charge in [-0.15, -0.1) is 0 Å². The Morgan fingerprint density at radius 2 is 2.31 bits per heavy atom. The maximum Gasteiger partial charge on any atom is 0.246 e. The van der Waals surface area contributed by atoms with E-state index in [-0.39, 0.29) is 12.5 Å². The van der Waals surface area contributed by atoms with Gasteiger partial charge in [-0.2, -0.15) is 0 Å². The molecule has 1 aromatic rings. The summed E-state index contributed by atoms with van der Waals surface area (Å²) in [6.45, 7) is 3.15. The largest absolute Gasteiger partial charge is 0.372 e. The molecule has 16 heavy (non-hydrogen) atoms. The lowest BCUT2D eigenvalue weighted by atomic mass is 10.1. The van der Waals surface area contributed by atoms with E-state index in [2.05, 4.69) is 5.32 Å². The molecule has 0 heterocycles. The van der Waals surface area contributed by atoms with E-state index in [1.54, 1.807) is 0 Å². The molecule has 0 aliphatic rings. The molecular weight excluding hydrogens is 226 g/mol. The fourth-order valence-corrected chi connectivity index (χ4v) is 1.50. The van der Waals surface area contributed by atoms with Gasteiger partial charge in [-0.05, 0) is 31.0 Å². The van der Waals surface area contributed by atoms with Gasteiger partial charge in [0.15, 0.2) is 0 Å². The highest BCUT2D eigenvalue weighted by atomic mass is 35.5. The summed E-state index contributed by atoms with van der Waals surface area (Å²) in [6.07, 6.45) is 0.776. The van der Waals surface area contributed by atoms with Crippen molar-refractivity contribution in [2.45, 2.75) is 13.3 Å². The first-order chi connectivity index (χ1) is 7.72. The Morgan fingerprint density at radius 1 is 1.50 bits per heavy atom. The Kier molecular flexibility index (Phi) is 5.90. The van der Waals surface area contributed by atoms with Gasteiger partial charge in [-0.25, -0.2) is 0 Å². The zero-order valence-electron chi connectivity index (χ0n) is 9.33. The normalized spacial score (nSPS) is 10.1. The zero-order chi connectivity index (χ0) is 11.8. The maximum absolute atomic E-state index is 11.2. The summed E-state index contributed by atoms with van der Waals surface area (Å²) in [4.78, 5) is 11.2. The number of ether oxygens (including phenoxy) is 1. The van der Waals surface area contributed by atoms with E-state index >= 15 is 0 Å². The molecule has 1 aromatic carbocycles. The maximum atomic E-state index is 11.2. The summed E-state index contributed by atoms with van der Waals surface area (Å²) >= 11 is 5.85. The lowest BCUT2D eigenvalue weighted by Gasteiger charge is -2.05. The number of nitrogens with one attached hydrogen (secondary N) is 1. The molecule has 0 aliphatic heterocycles. The van der Waals surface area contributed by atoms with Crippen molar-refractivity contribution in [2.75, 3.05) is 19.8 Å². The molecule has 1 amide bonds. The van der Waals surface area contributed by atoms with Crippen molar-refractivity contribution in [3.8, 4) is 0 Å². The van der Waals surface area contributed by atoms with Crippen molar-refractivity contribution < 1.29 is 9.53 Å². The first-order valence-corrected chi connectivity index (χ1v) is 5.69. The Balaban J connectivity index is 2.22. The fraction of sp³-hybridized carbons (Fsp3) is 0.417. The monoisotopic (exact) mass is 241 g/mol. The molecular formula is C12H16ClNO2. The molecule has 0 atom stereocenters. The summed E-state index contributed by atoms with van der Waals surface area (Å²) in [5.41, 5.74) is 1.12. The van der Waals surface area contributed by atoms with Crippen LogP contribution in [0, 0.1) is 0 Å². The van der Waals surface area contributed by atoms with Crippen LogP contribution >= 0.6 is 11.6 Å².